The van der Waals surface area contributed by atoms with Gasteiger partial charge in [-0.2, -0.15) is 0 Å². The molecule has 0 saturated carbocycles. The van der Waals surface area contributed by atoms with E-state index in [0.717, 1.165) is 44.9 Å². The van der Waals surface area contributed by atoms with Crippen LogP contribution in [0.1, 0.15) is 194 Å². The zero-order chi connectivity index (χ0) is 33.8. The molecule has 270 valence electrons. The Morgan fingerprint density at radius 3 is 1.41 bits per heavy atom. The van der Waals surface area contributed by atoms with Crippen molar-refractivity contribution < 1.29 is 20.1 Å². The van der Waals surface area contributed by atoms with Gasteiger partial charge in [0.25, 0.3) is 0 Å². The van der Waals surface area contributed by atoms with E-state index in [1.54, 1.807) is 6.08 Å². The van der Waals surface area contributed by atoms with Crippen molar-refractivity contribution >= 4 is 5.91 Å². The summed E-state index contributed by atoms with van der Waals surface area (Å²) in [5, 5.41) is 33.0. The fourth-order valence-corrected chi connectivity index (χ4v) is 5.82. The van der Waals surface area contributed by atoms with Gasteiger partial charge in [-0.15, -0.1) is 0 Å². The third kappa shape index (κ3) is 32.5. The minimum atomic E-state index is -0.951. The van der Waals surface area contributed by atoms with Crippen LogP contribution < -0.4 is 5.32 Å². The van der Waals surface area contributed by atoms with Crippen molar-refractivity contribution in [1.82, 2.24) is 5.32 Å². The molecule has 5 heteroatoms. The van der Waals surface area contributed by atoms with Gasteiger partial charge in [0, 0.05) is 0 Å². The number of rotatable bonds is 35. The van der Waals surface area contributed by atoms with E-state index < -0.39 is 18.2 Å². The van der Waals surface area contributed by atoms with E-state index in [0.29, 0.717) is 6.42 Å². The molecule has 0 rings (SSSR count). The van der Waals surface area contributed by atoms with Crippen molar-refractivity contribution in [2.75, 3.05) is 6.61 Å². The molecule has 0 spiro atoms. The molecular formula is C41H77NO4. The van der Waals surface area contributed by atoms with Gasteiger partial charge in [-0.1, -0.05) is 166 Å². The summed E-state index contributed by atoms with van der Waals surface area (Å²) in [6, 6.07) is -0.761. The van der Waals surface area contributed by atoms with E-state index in [4.69, 9.17) is 0 Å². The largest absolute Gasteiger partial charge is 0.394 e. The molecule has 0 aromatic heterocycles. The van der Waals surface area contributed by atoms with Crippen molar-refractivity contribution in [3.05, 3.63) is 36.5 Å². The molecule has 0 heterocycles. The highest BCUT2D eigenvalue weighted by Gasteiger charge is 2.20. The summed E-state index contributed by atoms with van der Waals surface area (Å²) in [7, 11) is 0. The number of allylic oxidation sites excluding steroid dienone is 5. The Morgan fingerprint density at radius 1 is 0.543 bits per heavy atom. The lowest BCUT2D eigenvalue weighted by atomic mass is 10.0. The molecule has 4 N–H and O–H groups in total. The van der Waals surface area contributed by atoms with Crippen LogP contribution in [0.4, 0.5) is 0 Å². The fourth-order valence-electron chi connectivity index (χ4n) is 5.82. The molecule has 0 aromatic carbocycles. The van der Waals surface area contributed by atoms with Crippen molar-refractivity contribution in [2.24, 2.45) is 0 Å². The molecule has 0 aliphatic rings. The lowest BCUT2D eigenvalue weighted by Gasteiger charge is -2.20. The highest BCUT2D eigenvalue weighted by molar-refractivity contribution is 5.76. The van der Waals surface area contributed by atoms with Crippen LogP contribution in [0.15, 0.2) is 36.5 Å². The van der Waals surface area contributed by atoms with Crippen molar-refractivity contribution in [3.63, 3.8) is 0 Å². The second kappa shape index (κ2) is 36.4. The Bertz CT molecular complexity index is 719. The minimum Gasteiger partial charge on any atom is -0.394 e. The maximum Gasteiger partial charge on any atom is 0.222 e. The highest BCUT2D eigenvalue weighted by atomic mass is 16.3. The maximum absolute atomic E-state index is 12.4. The van der Waals surface area contributed by atoms with Gasteiger partial charge in [-0.05, 0) is 57.8 Å². The lowest BCUT2D eigenvalue weighted by Crippen LogP contribution is -2.45. The Labute approximate surface area is 285 Å². The van der Waals surface area contributed by atoms with Crippen LogP contribution in [0.3, 0.4) is 0 Å². The fraction of sp³-hybridized carbons (Fsp3) is 0.829. The summed E-state index contributed by atoms with van der Waals surface area (Å²) in [5.41, 5.74) is 0. The molecule has 46 heavy (non-hydrogen) atoms. The Morgan fingerprint density at radius 2 is 0.935 bits per heavy atom. The van der Waals surface area contributed by atoms with Gasteiger partial charge in [0.1, 0.15) is 0 Å². The molecule has 0 aromatic rings. The van der Waals surface area contributed by atoms with E-state index in [1.165, 1.54) is 122 Å². The zero-order valence-electron chi connectivity index (χ0n) is 30.5. The van der Waals surface area contributed by atoms with Gasteiger partial charge in [0.2, 0.25) is 5.91 Å². The standard InChI is InChI=1S/C41H77NO4/c1-3-5-7-9-11-13-15-16-17-18-19-20-21-22-23-24-25-26-28-30-32-34-38(44)36-41(46)42-39(37-43)40(45)35-33-31-29-27-14-12-10-8-6-4-2/h14,22-23,27,33,35,38-40,43-45H,3-13,15-21,24-26,28-32,34,36-37H2,1-2H3,(H,42,46)/b23-22-,27-14+,35-33+. The normalized spacial score (nSPS) is 14.1. The van der Waals surface area contributed by atoms with Crippen molar-refractivity contribution in [2.45, 2.75) is 212 Å². The third-order valence-corrected chi connectivity index (χ3v) is 8.90. The number of aliphatic hydroxyl groups is 3. The first-order chi connectivity index (χ1) is 22.5. The summed E-state index contributed by atoms with van der Waals surface area (Å²) < 4.78 is 0. The van der Waals surface area contributed by atoms with E-state index in [1.807, 2.05) is 6.08 Å². The molecule has 0 radical (unpaired) electrons. The summed E-state index contributed by atoms with van der Waals surface area (Å²) >= 11 is 0. The number of hydrogen-bond acceptors (Lipinski definition) is 4. The monoisotopic (exact) mass is 648 g/mol. The SMILES string of the molecule is CCCCCC/C=C/CC/C=C/C(O)C(CO)NC(=O)CC(O)CCCCCCC/C=C\CCCCCCCCCCCCCC. The van der Waals surface area contributed by atoms with Crippen LogP contribution in [-0.2, 0) is 4.79 Å². The second-order valence-electron chi connectivity index (χ2n) is 13.5. The van der Waals surface area contributed by atoms with Gasteiger partial charge >= 0.3 is 0 Å². The molecule has 0 fully saturated rings. The molecule has 3 atom stereocenters. The number of aliphatic hydroxyl groups excluding tert-OH is 3. The van der Waals surface area contributed by atoms with Crippen LogP contribution in [0, 0.1) is 0 Å². The molecule has 0 saturated heterocycles. The van der Waals surface area contributed by atoms with Crippen molar-refractivity contribution in [1.29, 1.82) is 0 Å². The summed E-state index contributed by atoms with van der Waals surface area (Å²) in [6.45, 7) is 4.15. The van der Waals surface area contributed by atoms with E-state index >= 15 is 0 Å². The zero-order valence-corrected chi connectivity index (χ0v) is 30.5. The van der Waals surface area contributed by atoms with Gasteiger partial charge in [0.05, 0.1) is 31.3 Å². The Balaban J connectivity index is 3.68. The maximum atomic E-state index is 12.4. The molecular weight excluding hydrogens is 570 g/mol. The summed E-state index contributed by atoms with van der Waals surface area (Å²) in [4.78, 5) is 12.4. The van der Waals surface area contributed by atoms with Crippen LogP contribution >= 0.6 is 0 Å². The molecule has 0 aliphatic heterocycles. The molecule has 1 amide bonds. The number of unbranched alkanes of at least 4 members (excludes halogenated alkanes) is 22. The van der Waals surface area contributed by atoms with Crippen LogP contribution in [0.25, 0.3) is 0 Å². The minimum absolute atomic E-state index is 0.0000264. The average molecular weight is 648 g/mol. The first-order valence-corrected chi connectivity index (χ1v) is 19.8. The van der Waals surface area contributed by atoms with E-state index in [9.17, 15) is 20.1 Å². The number of amides is 1. The Kier molecular flexibility index (Phi) is 35.3. The first kappa shape index (κ1) is 44.6. The Hall–Kier alpha value is -1.43. The smallest absolute Gasteiger partial charge is 0.222 e. The lowest BCUT2D eigenvalue weighted by molar-refractivity contribution is -0.124. The van der Waals surface area contributed by atoms with Gasteiger partial charge in [0.15, 0.2) is 0 Å². The number of nitrogens with one attached hydrogen (secondary N) is 1. The number of hydrogen-bond donors (Lipinski definition) is 4. The molecule has 0 bridgehead atoms. The van der Waals surface area contributed by atoms with Gasteiger partial charge in [-0.25, -0.2) is 0 Å². The molecule has 3 unspecified atom stereocenters. The van der Waals surface area contributed by atoms with Crippen molar-refractivity contribution in [3.8, 4) is 0 Å². The molecule has 5 nitrogen and oxygen atoms in total. The average Bonchev–Trinajstić information content (AvgIpc) is 3.05. The molecule has 0 aliphatic carbocycles. The first-order valence-electron chi connectivity index (χ1n) is 19.8. The predicted molar refractivity (Wildman–Crippen MR) is 199 cm³/mol. The van der Waals surface area contributed by atoms with Gasteiger partial charge in [-0.3, -0.25) is 4.79 Å². The summed E-state index contributed by atoms with van der Waals surface area (Å²) in [5.74, 6) is -0.333. The third-order valence-electron chi connectivity index (χ3n) is 8.90. The predicted octanol–water partition coefficient (Wildman–Crippen LogP) is 10.8. The van der Waals surface area contributed by atoms with E-state index in [-0.39, 0.29) is 18.9 Å². The number of carbonyl (C=O) groups is 1. The second-order valence-corrected chi connectivity index (χ2v) is 13.5. The topological polar surface area (TPSA) is 89.8 Å². The quantitative estimate of drug-likeness (QED) is 0.0407. The summed E-state index contributed by atoms with van der Waals surface area (Å²) in [6.07, 6.45) is 44.3. The van der Waals surface area contributed by atoms with E-state index in [2.05, 4.69) is 43.5 Å². The number of carbonyl (C=O) groups excluding carboxylic acids is 1. The van der Waals surface area contributed by atoms with Gasteiger partial charge < -0.3 is 20.6 Å². The van der Waals surface area contributed by atoms with Crippen LogP contribution in [0.2, 0.25) is 0 Å². The van der Waals surface area contributed by atoms with Crippen LogP contribution in [-0.4, -0.2) is 46.1 Å². The highest BCUT2D eigenvalue weighted by Crippen LogP contribution is 2.14. The van der Waals surface area contributed by atoms with Crippen LogP contribution in [0.5, 0.6) is 0 Å².